The molecule has 64 valence electrons. The van der Waals surface area contributed by atoms with Crippen LogP contribution in [-0.4, -0.2) is 21.6 Å². The van der Waals surface area contributed by atoms with Crippen molar-refractivity contribution < 1.29 is 14.3 Å². The Labute approximate surface area is 81.7 Å². The molecule has 1 rings (SSSR count). The summed E-state index contributed by atoms with van der Waals surface area (Å²) in [7, 11) is 0. The van der Waals surface area contributed by atoms with Gasteiger partial charge >= 0.3 is 6.16 Å². The predicted molar refractivity (Wildman–Crippen MR) is 47.1 cm³/mol. The van der Waals surface area contributed by atoms with Crippen LogP contribution in [0, 0.1) is 0 Å². The van der Waals surface area contributed by atoms with Gasteiger partial charge in [0.25, 0.3) is 0 Å². The number of hydrogen-bond donors (Lipinski definition) is 0. The van der Waals surface area contributed by atoms with Crippen molar-refractivity contribution in [3.63, 3.8) is 0 Å². The average molecular weight is 288 g/mol. The van der Waals surface area contributed by atoms with E-state index in [1.165, 1.54) is 0 Å². The maximum atomic E-state index is 10.7. The topological polar surface area (TPSA) is 35.5 Å². The summed E-state index contributed by atoms with van der Waals surface area (Å²) in [5, 5.41) is 0.499. The van der Waals surface area contributed by atoms with Crippen LogP contribution >= 0.6 is 31.9 Å². The van der Waals surface area contributed by atoms with E-state index >= 15 is 0 Å². The first-order chi connectivity index (χ1) is 4.91. The summed E-state index contributed by atoms with van der Waals surface area (Å²) in [6.45, 7) is 3.57. The van der Waals surface area contributed by atoms with Crippen LogP contribution in [0.15, 0.2) is 0 Å². The van der Waals surface area contributed by atoms with Gasteiger partial charge in [-0.1, -0.05) is 15.9 Å². The molecule has 0 saturated carbocycles. The predicted octanol–water partition coefficient (Wildman–Crippen LogP) is 2.42. The van der Waals surface area contributed by atoms with Gasteiger partial charge in [-0.2, -0.15) is 0 Å². The molecule has 11 heavy (non-hydrogen) atoms. The van der Waals surface area contributed by atoms with E-state index in [9.17, 15) is 4.79 Å². The zero-order valence-electron chi connectivity index (χ0n) is 6.19. The molecule has 0 amide bonds. The lowest BCUT2D eigenvalue weighted by atomic mass is 10.0. The molecule has 0 N–H and O–H groups in total. The Bertz CT molecular complexity index is 192. The summed E-state index contributed by atoms with van der Waals surface area (Å²) in [4.78, 5) is 10.7. The number of rotatable bonds is 1. The SMILES string of the molecule is CC1(C)OC(=O)OC1(Br)CBr. The zero-order chi connectivity index (χ0) is 8.70. The van der Waals surface area contributed by atoms with E-state index in [0.717, 1.165) is 0 Å². The molecular formula is C6H8Br2O3. The highest BCUT2D eigenvalue weighted by Crippen LogP contribution is 2.42. The van der Waals surface area contributed by atoms with E-state index in [0.29, 0.717) is 5.33 Å². The highest BCUT2D eigenvalue weighted by molar-refractivity contribution is 9.12. The van der Waals surface area contributed by atoms with Gasteiger partial charge in [-0.15, -0.1) is 0 Å². The largest absolute Gasteiger partial charge is 0.510 e. The Balaban J connectivity index is 2.89. The van der Waals surface area contributed by atoms with Gasteiger partial charge in [0.15, 0.2) is 5.60 Å². The molecule has 0 aromatic heterocycles. The number of alkyl halides is 2. The summed E-state index contributed by atoms with van der Waals surface area (Å²) < 4.78 is 9.10. The number of cyclic esters (lactones) is 2. The van der Waals surface area contributed by atoms with Gasteiger partial charge < -0.3 is 9.47 Å². The van der Waals surface area contributed by atoms with Gasteiger partial charge in [-0.25, -0.2) is 4.79 Å². The van der Waals surface area contributed by atoms with Gasteiger partial charge in [0.2, 0.25) is 4.51 Å². The lowest BCUT2D eigenvalue weighted by Gasteiger charge is -2.28. The normalized spacial score (nSPS) is 34.7. The number of hydrogen-bond acceptors (Lipinski definition) is 3. The van der Waals surface area contributed by atoms with Crippen molar-refractivity contribution in [3.05, 3.63) is 0 Å². The highest BCUT2D eigenvalue weighted by Gasteiger charge is 2.55. The third-order valence-electron chi connectivity index (χ3n) is 1.65. The molecular weight excluding hydrogens is 280 g/mol. The van der Waals surface area contributed by atoms with Gasteiger partial charge in [-0.3, -0.25) is 0 Å². The van der Waals surface area contributed by atoms with Gasteiger partial charge in [0.05, 0.1) is 5.33 Å². The van der Waals surface area contributed by atoms with Crippen molar-refractivity contribution >= 4 is 38.0 Å². The Morgan fingerprint density at radius 3 is 2.18 bits per heavy atom. The maximum absolute atomic E-state index is 10.7. The second kappa shape index (κ2) is 2.62. The Morgan fingerprint density at radius 2 is 2.00 bits per heavy atom. The summed E-state index contributed by atoms with van der Waals surface area (Å²) in [6.07, 6.45) is -0.633. The van der Waals surface area contributed by atoms with Crippen LogP contribution in [0.25, 0.3) is 0 Å². The van der Waals surface area contributed by atoms with E-state index in [4.69, 9.17) is 9.47 Å². The number of ether oxygens (including phenoxy) is 2. The third kappa shape index (κ3) is 1.40. The molecule has 1 atom stereocenters. The average Bonchev–Trinajstić information content (AvgIpc) is 2.03. The molecule has 0 bridgehead atoms. The molecule has 0 radical (unpaired) electrons. The van der Waals surface area contributed by atoms with Gasteiger partial charge in [0.1, 0.15) is 0 Å². The van der Waals surface area contributed by atoms with E-state index in [2.05, 4.69) is 31.9 Å². The van der Waals surface area contributed by atoms with E-state index in [1.54, 1.807) is 13.8 Å². The second-order valence-corrected chi connectivity index (χ2v) is 4.67. The summed E-state index contributed by atoms with van der Waals surface area (Å²) in [5.41, 5.74) is -0.631. The van der Waals surface area contributed by atoms with Crippen LogP contribution in [0.2, 0.25) is 0 Å². The molecule has 1 saturated heterocycles. The van der Waals surface area contributed by atoms with Crippen molar-refractivity contribution in [2.45, 2.75) is 24.0 Å². The molecule has 1 aliphatic heterocycles. The maximum Gasteiger partial charge on any atom is 0.510 e. The Morgan fingerprint density at radius 1 is 1.45 bits per heavy atom. The second-order valence-electron chi connectivity index (χ2n) is 2.83. The van der Waals surface area contributed by atoms with Crippen LogP contribution in [-0.2, 0) is 9.47 Å². The van der Waals surface area contributed by atoms with E-state index < -0.39 is 16.3 Å². The fourth-order valence-corrected chi connectivity index (χ4v) is 1.75. The Hall–Kier alpha value is 0.230. The molecule has 1 heterocycles. The van der Waals surface area contributed by atoms with Crippen LogP contribution in [0.3, 0.4) is 0 Å². The van der Waals surface area contributed by atoms with Crippen LogP contribution < -0.4 is 0 Å². The first-order valence-electron chi connectivity index (χ1n) is 3.08. The molecule has 3 nitrogen and oxygen atoms in total. The third-order valence-corrected chi connectivity index (χ3v) is 4.59. The zero-order valence-corrected chi connectivity index (χ0v) is 9.36. The van der Waals surface area contributed by atoms with Crippen molar-refractivity contribution in [2.75, 3.05) is 5.33 Å². The monoisotopic (exact) mass is 286 g/mol. The highest BCUT2D eigenvalue weighted by atomic mass is 79.9. The lowest BCUT2D eigenvalue weighted by molar-refractivity contribution is 0.0620. The standard InChI is InChI=1S/C6H8Br2O3/c1-5(2)6(8,3-7)11-4(9)10-5/h3H2,1-2H3. The fourth-order valence-electron chi connectivity index (χ4n) is 0.749. The number of carbonyl (C=O) groups excluding carboxylic acids is 1. The van der Waals surface area contributed by atoms with Crippen LogP contribution in [0.5, 0.6) is 0 Å². The molecule has 0 aromatic carbocycles. The Kier molecular flexibility index (Phi) is 2.22. The van der Waals surface area contributed by atoms with Crippen molar-refractivity contribution in [3.8, 4) is 0 Å². The molecule has 0 aromatic rings. The summed E-state index contributed by atoms with van der Waals surface area (Å²) >= 11 is 6.52. The summed E-state index contributed by atoms with van der Waals surface area (Å²) in [5.74, 6) is 0. The van der Waals surface area contributed by atoms with E-state index in [-0.39, 0.29) is 0 Å². The minimum atomic E-state index is -0.739. The van der Waals surface area contributed by atoms with Crippen molar-refractivity contribution in [2.24, 2.45) is 0 Å². The minimum Gasteiger partial charge on any atom is -0.423 e. The molecule has 1 aliphatic rings. The molecule has 0 aliphatic carbocycles. The lowest BCUT2D eigenvalue weighted by Crippen LogP contribution is -2.43. The number of halogens is 2. The van der Waals surface area contributed by atoms with Crippen molar-refractivity contribution in [1.29, 1.82) is 0 Å². The number of carbonyl (C=O) groups is 1. The molecule has 0 spiro atoms. The van der Waals surface area contributed by atoms with Crippen LogP contribution in [0.1, 0.15) is 13.8 Å². The molecule has 1 fully saturated rings. The smallest absolute Gasteiger partial charge is 0.423 e. The quantitative estimate of drug-likeness (QED) is 0.549. The summed E-state index contributed by atoms with van der Waals surface area (Å²) in [6, 6.07) is 0. The van der Waals surface area contributed by atoms with Crippen molar-refractivity contribution in [1.82, 2.24) is 0 Å². The van der Waals surface area contributed by atoms with Gasteiger partial charge in [-0.05, 0) is 29.8 Å². The fraction of sp³-hybridized carbons (Fsp3) is 0.833. The van der Waals surface area contributed by atoms with Gasteiger partial charge in [0, 0.05) is 0 Å². The molecule has 5 heteroatoms. The first-order valence-corrected chi connectivity index (χ1v) is 4.99. The van der Waals surface area contributed by atoms with E-state index in [1.807, 2.05) is 0 Å². The van der Waals surface area contributed by atoms with Crippen LogP contribution in [0.4, 0.5) is 4.79 Å². The molecule has 1 unspecified atom stereocenters. The first kappa shape index (κ1) is 9.32. The minimum absolute atomic E-state index is 0.499.